The Morgan fingerprint density at radius 1 is 1.12 bits per heavy atom. The molecule has 0 aliphatic heterocycles. The Hall–Kier alpha value is -2.92. The van der Waals surface area contributed by atoms with Crippen molar-refractivity contribution in [1.82, 2.24) is 10.5 Å². The van der Waals surface area contributed by atoms with Crippen molar-refractivity contribution in [2.24, 2.45) is 0 Å². The van der Waals surface area contributed by atoms with E-state index in [1.54, 1.807) is 13.0 Å². The number of amides is 1. The second-order valence-corrected chi connectivity index (χ2v) is 6.49. The maximum absolute atomic E-state index is 12.2. The van der Waals surface area contributed by atoms with E-state index in [2.05, 4.69) is 53.9 Å². The number of carbonyl (C=O) groups excluding carboxylic acids is 1. The molecule has 26 heavy (non-hydrogen) atoms. The Labute approximate surface area is 153 Å². The number of anilines is 1. The van der Waals surface area contributed by atoms with Crippen LogP contribution in [0.25, 0.3) is 0 Å². The minimum atomic E-state index is -0.278. The summed E-state index contributed by atoms with van der Waals surface area (Å²) in [5.41, 5.74) is 4.61. The SMILES string of the molecule is Cc1ccc([C@H](C)NCc2cccc(NC(=O)c3cc(C)on3)c2)cc1. The molecule has 2 N–H and O–H groups in total. The maximum Gasteiger partial charge on any atom is 0.277 e. The third kappa shape index (κ3) is 4.58. The molecule has 0 unspecified atom stereocenters. The largest absolute Gasteiger partial charge is 0.361 e. The van der Waals surface area contributed by atoms with Crippen LogP contribution >= 0.6 is 0 Å². The van der Waals surface area contributed by atoms with E-state index >= 15 is 0 Å². The van der Waals surface area contributed by atoms with Crippen molar-refractivity contribution in [1.29, 1.82) is 0 Å². The van der Waals surface area contributed by atoms with Gasteiger partial charge < -0.3 is 15.2 Å². The molecule has 0 radical (unpaired) electrons. The number of aromatic nitrogens is 1. The highest BCUT2D eigenvalue weighted by molar-refractivity contribution is 6.02. The molecule has 0 aliphatic carbocycles. The van der Waals surface area contributed by atoms with Crippen LogP contribution in [0.1, 0.15) is 45.9 Å². The molecule has 0 bridgehead atoms. The minimum absolute atomic E-state index is 0.243. The zero-order valence-electron chi connectivity index (χ0n) is 15.2. The van der Waals surface area contributed by atoms with E-state index in [4.69, 9.17) is 4.52 Å². The number of rotatable bonds is 6. The van der Waals surface area contributed by atoms with E-state index in [9.17, 15) is 4.79 Å². The van der Waals surface area contributed by atoms with E-state index in [0.29, 0.717) is 12.3 Å². The highest BCUT2D eigenvalue weighted by atomic mass is 16.5. The fraction of sp³-hybridized carbons (Fsp3) is 0.238. The molecule has 1 atom stereocenters. The van der Waals surface area contributed by atoms with Crippen molar-refractivity contribution in [2.75, 3.05) is 5.32 Å². The first-order valence-corrected chi connectivity index (χ1v) is 8.65. The number of aryl methyl sites for hydroxylation is 2. The summed E-state index contributed by atoms with van der Waals surface area (Å²) in [6, 6.07) is 18.2. The topological polar surface area (TPSA) is 67.2 Å². The van der Waals surface area contributed by atoms with Gasteiger partial charge in [0.15, 0.2) is 5.69 Å². The van der Waals surface area contributed by atoms with Crippen molar-refractivity contribution in [2.45, 2.75) is 33.4 Å². The van der Waals surface area contributed by atoms with Crippen LogP contribution in [0.4, 0.5) is 5.69 Å². The summed E-state index contributed by atoms with van der Waals surface area (Å²) in [6.07, 6.45) is 0. The first-order chi connectivity index (χ1) is 12.5. The van der Waals surface area contributed by atoms with Crippen LogP contribution in [0.3, 0.4) is 0 Å². The van der Waals surface area contributed by atoms with E-state index in [1.165, 1.54) is 11.1 Å². The predicted octanol–water partition coefficient (Wildman–Crippen LogP) is 4.39. The van der Waals surface area contributed by atoms with Gasteiger partial charge in [-0.2, -0.15) is 0 Å². The van der Waals surface area contributed by atoms with Crippen LogP contribution in [0.2, 0.25) is 0 Å². The summed E-state index contributed by atoms with van der Waals surface area (Å²) in [5, 5.41) is 10.1. The zero-order chi connectivity index (χ0) is 18.5. The molecule has 0 aliphatic rings. The molecule has 5 nitrogen and oxygen atoms in total. The van der Waals surface area contributed by atoms with Gasteiger partial charge in [-0.1, -0.05) is 47.1 Å². The van der Waals surface area contributed by atoms with E-state index < -0.39 is 0 Å². The van der Waals surface area contributed by atoms with Crippen molar-refractivity contribution in [3.05, 3.63) is 82.7 Å². The van der Waals surface area contributed by atoms with Crippen LogP contribution in [-0.2, 0) is 6.54 Å². The average molecular weight is 349 g/mol. The fourth-order valence-electron chi connectivity index (χ4n) is 2.67. The molecule has 0 saturated heterocycles. The third-order valence-electron chi connectivity index (χ3n) is 4.24. The molecule has 3 aromatic rings. The lowest BCUT2D eigenvalue weighted by Crippen LogP contribution is -2.18. The predicted molar refractivity (Wildman–Crippen MR) is 102 cm³/mol. The third-order valence-corrected chi connectivity index (χ3v) is 4.24. The minimum Gasteiger partial charge on any atom is -0.361 e. The number of carbonyl (C=O) groups is 1. The summed E-state index contributed by atoms with van der Waals surface area (Å²) in [4.78, 5) is 12.2. The molecule has 5 heteroatoms. The molecule has 0 spiro atoms. The molecule has 0 fully saturated rings. The lowest BCUT2D eigenvalue weighted by atomic mass is 10.1. The zero-order valence-corrected chi connectivity index (χ0v) is 15.2. The molecule has 1 heterocycles. The van der Waals surface area contributed by atoms with Crippen molar-refractivity contribution in [3.8, 4) is 0 Å². The molecular weight excluding hydrogens is 326 g/mol. The summed E-state index contributed by atoms with van der Waals surface area (Å²) in [5.74, 6) is 0.332. The van der Waals surface area contributed by atoms with Gasteiger partial charge in [0.1, 0.15) is 5.76 Å². The van der Waals surface area contributed by atoms with Crippen molar-refractivity contribution >= 4 is 11.6 Å². The number of benzene rings is 2. The van der Waals surface area contributed by atoms with Gasteiger partial charge in [-0.15, -0.1) is 0 Å². The van der Waals surface area contributed by atoms with Gasteiger partial charge >= 0.3 is 0 Å². The molecule has 0 saturated carbocycles. The van der Waals surface area contributed by atoms with Gasteiger partial charge in [0, 0.05) is 24.3 Å². The Bertz CT molecular complexity index is 884. The molecule has 1 amide bonds. The van der Waals surface area contributed by atoms with Crippen LogP contribution in [0.5, 0.6) is 0 Å². The van der Waals surface area contributed by atoms with Gasteiger partial charge in [-0.25, -0.2) is 0 Å². The number of nitrogens with zero attached hydrogens (tertiary/aromatic N) is 1. The Morgan fingerprint density at radius 2 is 1.88 bits per heavy atom. The van der Waals surface area contributed by atoms with Crippen LogP contribution < -0.4 is 10.6 Å². The molecule has 2 aromatic carbocycles. The highest BCUT2D eigenvalue weighted by Crippen LogP contribution is 2.16. The second kappa shape index (κ2) is 7.97. The van der Waals surface area contributed by atoms with Crippen LogP contribution in [0.15, 0.2) is 59.1 Å². The van der Waals surface area contributed by atoms with Gasteiger partial charge in [0.2, 0.25) is 0 Å². The monoisotopic (exact) mass is 349 g/mol. The maximum atomic E-state index is 12.2. The lowest BCUT2D eigenvalue weighted by Gasteiger charge is -2.15. The Balaban J connectivity index is 1.60. The van der Waals surface area contributed by atoms with Crippen LogP contribution in [0, 0.1) is 13.8 Å². The molecular formula is C21H23N3O2. The lowest BCUT2D eigenvalue weighted by molar-refractivity contribution is 0.101. The summed E-state index contributed by atoms with van der Waals surface area (Å²) < 4.78 is 4.94. The van der Waals surface area contributed by atoms with E-state index in [0.717, 1.165) is 11.3 Å². The Kier molecular flexibility index (Phi) is 5.49. The highest BCUT2D eigenvalue weighted by Gasteiger charge is 2.11. The molecule has 3 rings (SSSR count). The molecule has 1 aromatic heterocycles. The Morgan fingerprint density at radius 3 is 2.58 bits per heavy atom. The van der Waals surface area contributed by atoms with Gasteiger partial charge in [-0.05, 0) is 44.0 Å². The quantitative estimate of drug-likeness (QED) is 0.692. The fourth-order valence-corrected chi connectivity index (χ4v) is 2.67. The van der Waals surface area contributed by atoms with E-state index in [-0.39, 0.29) is 17.6 Å². The number of hydrogen-bond acceptors (Lipinski definition) is 4. The van der Waals surface area contributed by atoms with Crippen molar-refractivity contribution < 1.29 is 9.32 Å². The summed E-state index contributed by atoms with van der Waals surface area (Å²) >= 11 is 0. The normalized spacial score (nSPS) is 12.0. The van der Waals surface area contributed by atoms with Crippen LogP contribution in [-0.4, -0.2) is 11.1 Å². The smallest absolute Gasteiger partial charge is 0.277 e. The number of nitrogens with one attached hydrogen (secondary N) is 2. The average Bonchev–Trinajstić information content (AvgIpc) is 3.07. The van der Waals surface area contributed by atoms with Gasteiger partial charge in [-0.3, -0.25) is 4.79 Å². The summed E-state index contributed by atoms with van der Waals surface area (Å²) in [6.45, 7) is 6.69. The first kappa shape index (κ1) is 17.9. The molecule has 134 valence electrons. The first-order valence-electron chi connectivity index (χ1n) is 8.65. The van der Waals surface area contributed by atoms with Gasteiger partial charge in [0.05, 0.1) is 0 Å². The van der Waals surface area contributed by atoms with Gasteiger partial charge in [0.25, 0.3) is 5.91 Å². The standard InChI is InChI=1S/C21H23N3O2/c1-14-7-9-18(10-8-14)16(3)22-13-17-5-4-6-19(12-17)23-21(25)20-11-15(2)26-24-20/h4-12,16,22H,13H2,1-3H3,(H,23,25)/t16-/m0/s1. The number of hydrogen-bond donors (Lipinski definition) is 2. The second-order valence-electron chi connectivity index (χ2n) is 6.49. The summed E-state index contributed by atoms with van der Waals surface area (Å²) in [7, 11) is 0. The van der Waals surface area contributed by atoms with Crippen molar-refractivity contribution in [3.63, 3.8) is 0 Å². The van der Waals surface area contributed by atoms with E-state index in [1.807, 2.05) is 24.3 Å².